The van der Waals surface area contributed by atoms with Gasteiger partial charge in [0.05, 0.1) is 0 Å². The highest BCUT2D eigenvalue weighted by Gasteiger charge is 2.57. The maximum Gasteiger partial charge on any atom is 0.223 e. The van der Waals surface area contributed by atoms with Crippen LogP contribution in [0.2, 0.25) is 0 Å². The molecule has 1 unspecified atom stereocenters. The molecule has 1 saturated carbocycles. The molecule has 1 aromatic heterocycles. The van der Waals surface area contributed by atoms with Crippen molar-refractivity contribution in [1.29, 1.82) is 0 Å². The van der Waals surface area contributed by atoms with E-state index in [-0.39, 0.29) is 11.8 Å². The molecule has 0 bridgehead atoms. The van der Waals surface area contributed by atoms with Crippen LogP contribution in [0.3, 0.4) is 0 Å². The van der Waals surface area contributed by atoms with Gasteiger partial charge in [0.25, 0.3) is 0 Å². The number of aromatic nitrogens is 1. The monoisotopic (exact) mass is 247 g/mol. The Morgan fingerprint density at radius 1 is 1.56 bits per heavy atom. The molecule has 1 atom stereocenters. The minimum atomic E-state index is 0.251. The Morgan fingerprint density at radius 3 is 3.00 bits per heavy atom. The number of hydrogen-bond donors (Lipinski definition) is 2. The summed E-state index contributed by atoms with van der Waals surface area (Å²) < 4.78 is 2.01. The van der Waals surface area contributed by atoms with Crippen molar-refractivity contribution < 1.29 is 4.79 Å². The summed E-state index contributed by atoms with van der Waals surface area (Å²) in [5, 5.41) is 6.44. The number of nitrogens with zero attached hydrogens (tertiary/aromatic N) is 1. The molecule has 3 rings (SSSR count). The minimum Gasteiger partial charge on any atom is -0.357 e. The number of carbonyl (C=O) groups excluding carboxylic acids is 1. The van der Waals surface area contributed by atoms with Gasteiger partial charge in [-0.15, -0.1) is 0 Å². The highest BCUT2D eigenvalue weighted by atomic mass is 16.2. The molecule has 2 heterocycles. The maximum absolute atomic E-state index is 12.1. The molecule has 4 nitrogen and oxygen atoms in total. The Balaban J connectivity index is 1.51. The molecular formula is C14H21N3O. The standard InChI is InChI=1S/C14H21N3O/c1-17-7-2-11(10-17)9-16-13(18)12-8-14(12)3-5-15-6-4-14/h2,7,10,12,15H,3-6,8-9H2,1H3,(H,16,18). The highest BCUT2D eigenvalue weighted by Crippen LogP contribution is 2.58. The fourth-order valence-electron chi connectivity index (χ4n) is 3.17. The van der Waals surface area contributed by atoms with E-state index in [9.17, 15) is 4.79 Å². The third-order valence-electron chi connectivity index (χ3n) is 4.47. The van der Waals surface area contributed by atoms with Gasteiger partial charge >= 0.3 is 0 Å². The molecule has 1 amide bonds. The molecule has 4 heteroatoms. The van der Waals surface area contributed by atoms with Gasteiger partial charge < -0.3 is 15.2 Å². The first-order chi connectivity index (χ1) is 8.70. The summed E-state index contributed by atoms with van der Waals surface area (Å²) >= 11 is 0. The van der Waals surface area contributed by atoms with E-state index >= 15 is 0 Å². The van der Waals surface area contributed by atoms with E-state index in [4.69, 9.17) is 0 Å². The fraction of sp³-hybridized carbons (Fsp3) is 0.643. The van der Waals surface area contributed by atoms with Crippen molar-refractivity contribution in [3.63, 3.8) is 0 Å². The second-order valence-corrected chi connectivity index (χ2v) is 5.77. The van der Waals surface area contributed by atoms with Crippen LogP contribution in [-0.4, -0.2) is 23.6 Å². The van der Waals surface area contributed by atoms with Gasteiger partial charge in [0.2, 0.25) is 5.91 Å². The van der Waals surface area contributed by atoms with E-state index < -0.39 is 0 Å². The lowest BCUT2D eigenvalue weighted by atomic mass is 9.92. The van der Waals surface area contributed by atoms with Gasteiger partial charge in [-0.2, -0.15) is 0 Å². The third kappa shape index (κ3) is 2.17. The van der Waals surface area contributed by atoms with Gasteiger partial charge in [0.15, 0.2) is 0 Å². The Labute approximate surface area is 108 Å². The summed E-state index contributed by atoms with van der Waals surface area (Å²) in [6, 6.07) is 2.05. The van der Waals surface area contributed by atoms with Crippen molar-refractivity contribution in [3.05, 3.63) is 24.0 Å². The normalized spacial score (nSPS) is 25.1. The molecule has 1 saturated heterocycles. The molecule has 1 aliphatic heterocycles. The molecule has 1 aliphatic carbocycles. The topological polar surface area (TPSA) is 46.1 Å². The number of hydrogen-bond acceptors (Lipinski definition) is 2. The van der Waals surface area contributed by atoms with Gasteiger partial charge in [-0.05, 0) is 49.4 Å². The second-order valence-electron chi connectivity index (χ2n) is 5.77. The van der Waals surface area contributed by atoms with E-state index in [1.165, 1.54) is 5.56 Å². The summed E-state index contributed by atoms with van der Waals surface area (Å²) in [4.78, 5) is 12.1. The van der Waals surface area contributed by atoms with Crippen LogP contribution in [-0.2, 0) is 18.4 Å². The lowest BCUT2D eigenvalue weighted by molar-refractivity contribution is -0.123. The van der Waals surface area contributed by atoms with Gasteiger partial charge in [0, 0.05) is 31.9 Å². The fourth-order valence-corrected chi connectivity index (χ4v) is 3.17. The molecule has 2 aliphatic rings. The number of carbonyl (C=O) groups is 1. The third-order valence-corrected chi connectivity index (χ3v) is 4.47. The van der Waals surface area contributed by atoms with Gasteiger partial charge in [-0.1, -0.05) is 0 Å². The zero-order chi connectivity index (χ0) is 12.6. The van der Waals surface area contributed by atoms with Crippen LogP contribution in [0, 0.1) is 11.3 Å². The van der Waals surface area contributed by atoms with Crippen LogP contribution in [0.15, 0.2) is 18.5 Å². The highest BCUT2D eigenvalue weighted by molar-refractivity contribution is 5.82. The minimum absolute atomic E-state index is 0.251. The SMILES string of the molecule is Cn1ccc(CNC(=O)C2CC23CCNCC3)c1. The number of nitrogens with one attached hydrogen (secondary N) is 2. The first-order valence-corrected chi connectivity index (χ1v) is 6.79. The molecule has 98 valence electrons. The molecule has 1 spiro atoms. The first-order valence-electron chi connectivity index (χ1n) is 6.79. The van der Waals surface area contributed by atoms with Crippen LogP contribution >= 0.6 is 0 Å². The van der Waals surface area contributed by atoms with Crippen LogP contribution in [0.5, 0.6) is 0 Å². The van der Waals surface area contributed by atoms with E-state index in [2.05, 4.69) is 10.6 Å². The number of piperidine rings is 1. The second kappa shape index (κ2) is 4.43. The van der Waals surface area contributed by atoms with E-state index in [0.717, 1.165) is 32.4 Å². The van der Waals surface area contributed by atoms with Crippen molar-refractivity contribution in [2.75, 3.05) is 13.1 Å². The lowest BCUT2D eigenvalue weighted by Gasteiger charge is -2.23. The predicted octanol–water partition coefficient (Wildman–Crippen LogP) is 1.03. The quantitative estimate of drug-likeness (QED) is 0.838. The molecule has 0 radical (unpaired) electrons. The Bertz CT molecular complexity index is 446. The predicted molar refractivity (Wildman–Crippen MR) is 69.9 cm³/mol. The number of rotatable bonds is 3. The van der Waals surface area contributed by atoms with Crippen LogP contribution < -0.4 is 10.6 Å². The van der Waals surface area contributed by atoms with Crippen LogP contribution in [0.1, 0.15) is 24.8 Å². The van der Waals surface area contributed by atoms with Crippen molar-refractivity contribution in [3.8, 4) is 0 Å². The van der Waals surface area contributed by atoms with E-state index in [1.807, 2.05) is 30.1 Å². The Morgan fingerprint density at radius 2 is 2.33 bits per heavy atom. The summed E-state index contributed by atoms with van der Waals surface area (Å²) in [5.74, 6) is 0.518. The molecule has 2 fully saturated rings. The van der Waals surface area contributed by atoms with Gasteiger partial charge in [-0.25, -0.2) is 0 Å². The molecule has 18 heavy (non-hydrogen) atoms. The van der Waals surface area contributed by atoms with Gasteiger partial charge in [0.1, 0.15) is 0 Å². The van der Waals surface area contributed by atoms with E-state index in [1.54, 1.807) is 0 Å². The van der Waals surface area contributed by atoms with E-state index in [0.29, 0.717) is 12.0 Å². The number of aryl methyl sites for hydroxylation is 1. The van der Waals surface area contributed by atoms with Gasteiger partial charge in [-0.3, -0.25) is 4.79 Å². The number of amides is 1. The lowest BCUT2D eigenvalue weighted by Crippen LogP contribution is -2.33. The Kier molecular flexibility index (Phi) is 2.90. The van der Waals surface area contributed by atoms with Crippen LogP contribution in [0.4, 0.5) is 0 Å². The van der Waals surface area contributed by atoms with Crippen molar-refractivity contribution in [2.45, 2.75) is 25.8 Å². The smallest absolute Gasteiger partial charge is 0.223 e. The summed E-state index contributed by atoms with van der Waals surface area (Å²) in [5.41, 5.74) is 1.51. The van der Waals surface area contributed by atoms with Crippen molar-refractivity contribution in [1.82, 2.24) is 15.2 Å². The largest absolute Gasteiger partial charge is 0.357 e. The van der Waals surface area contributed by atoms with Crippen molar-refractivity contribution >= 4 is 5.91 Å². The average Bonchev–Trinajstić information content (AvgIpc) is 2.89. The molecule has 1 aromatic rings. The molecular weight excluding hydrogens is 226 g/mol. The summed E-state index contributed by atoms with van der Waals surface area (Å²) in [6.07, 6.45) is 7.47. The average molecular weight is 247 g/mol. The van der Waals surface area contributed by atoms with Crippen LogP contribution in [0.25, 0.3) is 0 Å². The van der Waals surface area contributed by atoms with Crippen molar-refractivity contribution in [2.24, 2.45) is 18.4 Å². The Hall–Kier alpha value is -1.29. The summed E-state index contributed by atoms with van der Waals surface area (Å²) in [7, 11) is 2.00. The first kappa shape index (κ1) is 11.8. The zero-order valence-electron chi connectivity index (χ0n) is 10.9. The zero-order valence-corrected chi connectivity index (χ0v) is 10.9. The summed E-state index contributed by atoms with van der Waals surface area (Å²) in [6.45, 7) is 2.80. The molecule has 2 N–H and O–H groups in total. The maximum atomic E-state index is 12.1. The molecule has 0 aromatic carbocycles.